The van der Waals surface area contributed by atoms with Crippen LogP contribution >= 0.6 is 0 Å². The number of allylic oxidation sites excluding steroid dienone is 2. The first kappa shape index (κ1) is 10.5. The molecule has 0 aliphatic heterocycles. The summed E-state index contributed by atoms with van der Waals surface area (Å²) in [7, 11) is 0. The molecule has 0 spiro atoms. The van der Waals surface area contributed by atoms with Gasteiger partial charge in [0.15, 0.2) is 0 Å². The molecule has 0 unspecified atom stereocenters. The number of hydrogen-bond acceptors (Lipinski definition) is 0. The Balaban J connectivity index is 3.48. The van der Waals surface area contributed by atoms with Crippen LogP contribution in [0.25, 0.3) is 17.7 Å². The minimum absolute atomic E-state index is 1.16. The molecule has 0 atom stereocenters. The summed E-state index contributed by atoms with van der Waals surface area (Å²) in [6.07, 6.45) is 5.88. The van der Waals surface area contributed by atoms with Gasteiger partial charge < -0.3 is 0 Å². The predicted octanol–water partition coefficient (Wildman–Crippen LogP) is 4.40. The average Bonchev–Trinajstić information content (AvgIpc) is 2.26. The summed E-state index contributed by atoms with van der Waals surface area (Å²) < 4.78 is 0. The van der Waals surface area contributed by atoms with Crippen LogP contribution in [0.4, 0.5) is 0 Å². The molecule has 1 rings (SSSR count). The van der Waals surface area contributed by atoms with Crippen LogP contribution in [-0.2, 0) is 0 Å². The molecule has 14 heavy (non-hydrogen) atoms. The van der Waals surface area contributed by atoms with Crippen LogP contribution in [0.5, 0.6) is 0 Å². The van der Waals surface area contributed by atoms with E-state index in [1.165, 1.54) is 11.1 Å². The lowest BCUT2D eigenvalue weighted by Gasteiger charge is -2.10. The zero-order valence-electron chi connectivity index (χ0n) is 8.88. The topological polar surface area (TPSA) is 0 Å². The lowest BCUT2D eigenvalue weighted by molar-refractivity contribution is 1.49. The summed E-state index contributed by atoms with van der Waals surface area (Å²) in [5.41, 5.74) is 4.83. The maximum Gasteiger partial charge on any atom is -0.00858 e. The Morgan fingerprint density at radius 3 is 2.00 bits per heavy atom. The molecule has 0 saturated carbocycles. The van der Waals surface area contributed by atoms with Gasteiger partial charge >= 0.3 is 0 Å². The van der Waals surface area contributed by atoms with Crippen LogP contribution in [0, 0.1) is 0 Å². The van der Waals surface area contributed by atoms with Crippen molar-refractivity contribution in [2.45, 2.75) is 13.8 Å². The largest absolute Gasteiger partial charge is 0.0984 e. The third-order valence-electron chi connectivity index (χ3n) is 2.40. The third kappa shape index (κ3) is 1.85. The molecular formula is C14H16. The Labute approximate surface area is 86.3 Å². The summed E-state index contributed by atoms with van der Waals surface area (Å²) >= 11 is 0. The molecule has 0 heterocycles. The van der Waals surface area contributed by atoms with E-state index in [1.807, 2.05) is 25.1 Å². The summed E-state index contributed by atoms with van der Waals surface area (Å²) in [6, 6.07) is 6.17. The first-order chi connectivity index (χ1) is 6.74. The summed E-state index contributed by atoms with van der Waals surface area (Å²) in [6.45, 7) is 11.8. The SMILES string of the molecule is C=Cc1cccc(C=C)c1/C(C)=C\C. The van der Waals surface area contributed by atoms with Gasteiger partial charge in [0.25, 0.3) is 0 Å². The summed E-state index contributed by atoms with van der Waals surface area (Å²) in [5, 5.41) is 0. The van der Waals surface area contributed by atoms with Crippen molar-refractivity contribution in [2.24, 2.45) is 0 Å². The van der Waals surface area contributed by atoms with Crippen LogP contribution in [0.1, 0.15) is 30.5 Å². The zero-order chi connectivity index (χ0) is 10.6. The molecule has 0 amide bonds. The first-order valence-corrected chi connectivity index (χ1v) is 4.75. The number of benzene rings is 1. The Bertz CT molecular complexity index is 355. The van der Waals surface area contributed by atoms with Crippen LogP contribution in [0.2, 0.25) is 0 Å². The minimum Gasteiger partial charge on any atom is -0.0984 e. The Morgan fingerprint density at radius 2 is 1.64 bits per heavy atom. The highest BCUT2D eigenvalue weighted by molar-refractivity contribution is 5.79. The monoisotopic (exact) mass is 184 g/mol. The van der Waals surface area contributed by atoms with Crippen LogP contribution < -0.4 is 0 Å². The van der Waals surface area contributed by atoms with Crippen LogP contribution in [-0.4, -0.2) is 0 Å². The van der Waals surface area contributed by atoms with E-state index in [9.17, 15) is 0 Å². The van der Waals surface area contributed by atoms with Crippen molar-refractivity contribution in [1.82, 2.24) is 0 Å². The van der Waals surface area contributed by atoms with Gasteiger partial charge in [-0.15, -0.1) is 0 Å². The van der Waals surface area contributed by atoms with E-state index in [0.29, 0.717) is 0 Å². The van der Waals surface area contributed by atoms with Crippen molar-refractivity contribution in [1.29, 1.82) is 0 Å². The second kappa shape index (κ2) is 4.61. The van der Waals surface area contributed by atoms with E-state index >= 15 is 0 Å². The standard InChI is InChI=1S/C14H16/c1-5-11(4)14-12(6-2)9-8-10-13(14)7-3/h5-10H,2-3H2,1,4H3/b11-5-. The fourth-order valence-corrected chi connectivity index (χ4v) is 1.53. The van der Waals surface area contributed by atoms with Gasteiger partial charge in [-0.25, -0.2) is 0 Å². The van der Waals surface area contributed by atoms with Gasteiger partial charge in [0.2, 0.25) is 0 Å². The molecule has 0 radical (unpaired) electrons. The molecule has 0 saturated heterocycles. The van der Waals surface area contributed by atoms with Crippen LogP contribution in [0.3, 0.4) is 0 Å². The number of rotatable bonds is 3. The summed E-state index contributed by atoms with van der Waals surface area (Å²) in [4.78, 5) is 0. The minimum atomic E-state index is 1.16. The fourth-order valence-electron chi connectivity index (χ4n) is 1.53. The second-order valence-corrected chi connectivity index (χ2v) is 3.19. The van der Waals surface area contributed by atoms with E-state index in [4.69, 9.17) is 0 Å². The Morgan fingerprint density at radius 1 is 1.14 bits per heavy atom. The molecule has 0 heteroatoms. The molecule has 0 bridgehead atoms. The van der Waals surface area contributed by atoms with E-state index in [2.05, 4.69) is 38.3 Å². The summed E-state index contributed by atoms with van der Waals surface area (Å²) in [5.74, 6) is 0. The first-order valence-electron chi connectivity index (χ1n) is 4.75. The van der Waals surface area contributed by atoms with E-state index in [0.717, 1.165) is 11.1 Å². The highest BCUT2D eigenvalue weighted by atomic mass is 14.1. The Kier molecular flexibility index (Phi) is 3.47. The normalized spacial score (nSPS) is 11.1. The highest BCUT2D eigenvalue weighted by Gasteiger charge is 2.04. The quantitative estimate of drug-likeness (QED) is 0.653. The maximum atomic E-state index is 3.82. The molecule has 0 nitrogen and oxygen atoms in total. The van der Waals surface area contributed by atoms with Crippen molar-refractivity contribution >= 4 is 17.7 Å². The van der Waals surface area contributed by atoms with Crippen molar-refractivity contribution in [3.8, 4) is 0 Å². The van der Waals surface area contributed by atoms with Gasteiger partial charge in [0.1, 0.15) is 0 Å². The Hall–Kier alpha value is -1.56. The van der Waals surface area contributed by atoms with Gasteiger partial charge in [-0.05, 0) is 36.1 Å². The number of hydrogen-bond donors (Lipinski definition) is 0. The lowest BCUT2D eigenvalue weighted by atomic mass is 9.95. The maximum absolute atomic E-state index is 3.82. The molecule has 0 aliphatic rings. The van der Waals surface area contributed by atoms with Crippen molar-refractivity contribution in [2.75, 3.05) is 0 Å². The molecule has 0 aromatic heterocycles. The van der Waals surface area contributed by atoms with Crippen molar-refractivity contribution in [3.05, 3.63) is 54.1 Å². The molecule has 1 aromatic carbocycles. The van der Waals surface area contributed by atoms with E-state index in [1.54, 1.807) is 0 Å². The molecule has 0 fully saturated rings. The van der Waals surface area contributed by atoms with Crippen molar-refractivity contribution in [3.63, 3.8) is 0 Å². The predicted molar refractivity (Wildman–Crippen MR) is 65.9 cm³/mol. The second-order valence-electron chi connectivity index (χ2n) is 3.19. The van der Waals surface area contributed by atoms with Crippen molar-refractivity contribution < 1.29 is 0 Å². The molecule has 72 valence electrons. The van der Waals surface area contributed by atoms with Gasteiger partial charge in [-0.3, -0.25) is 0 Å². The smallest absolute Gasteiger partial charge is 0.00858 e. The molecule has 0 aliphatic carbocycles. The molecular weight excluding hydrogens is 168 g/mol. The fraction of sp³-hybridized carbons (Fsp3) is 0.143. The van der Waals surface area contributed by atoms with Gasteiger partial charge in [0, 0.05) is 0 Å². The average molecular weight is 184 g/mol. The molecule has 0 N–H and O–H groups in total. The lowest BCUT2D eigenvalue weighted by Crippen LogP contribution is -1.89. The molecule has 1 aromatic rings. The van der Waals surface area contributed by atoms with Gasteiger partial charge in [-0.2, -0.15) is 0 Å². The zero-order valence-corrected chi connectivity index (χ0v) is 8.88. The third-order valence-corrected chi connectivity index (χ3v) is 2.40. The highest BCUT2D eigenvalue weighted by Crippen LogP contribution is 2.24. The van der Waals surface area contributed by atoms with Gasteiger partial charge in [0.05, 0.1) is 0 Å². The van der Waals surface area contributed by atoms with Crippen LogP contribution in [0.15, 0.2) is 37.4 Å². The van der Waals surface area contributed by atoms with E-state index < -0.39 is 0 Å². The van der Waals surface area contributed by atoms with Gasteiger partial charge in [-0.1, -0.05) is 49.6 Å². The van der Waals surface area contributed by atoms with E-state index in [-0.39, 0.29) is 0 Å².